The summed E-state index contributed by atoms with van der Waals surface area (Å²) in [7, 11) is 0. The Labute approximate surface area is 203 Å². The molecule has 0 fully saturated rings. The Morgan fingerprint density at radius 3 is 1.15 bits per heavy atom. The van der Waals surface area contributed by atoms with E-state index in [1.54, 1.807) is 13.8 Å². The molecule has 0 bridgehead atoms. The van der Waals surface area contributed by atoms with Crippen LogP contribution in [0.1, 0.15) is 82.1 Å². The highest BCUT2D eigenvalue weighted by Crippen LogP contribution is 2.34. The average molecular weight is 473 g/mol. The molecule has 2 N–H and O–H groups in total. The molecule has 0 saturated heterocycles. The van der Waals surface area contributed by atoms with Gasteiger partial charge in [-0.15, -0.1) is 0 Å². The fourth-order valence-corrected chi connectivity index (χ4v) is 4.54. The molecule has 33 heavy (non-hydrogen) atoms. The van der Waals surface area contributed by atoms with Crippen molar-refractivity contribution in [2.75, 3.05) is 52.7 Å². The Kier molecular flexibility index (Phi) is 13.8. The van der Waals surface area contributed by atoms with Crippen LogP contribution >= 0.6 is 0 Å². The number of nitrogens with one attached hydrogen (secondary N) is 2. The minimum Gasteiger partial charge on any atom is -0.378 e. The van der Waals surface area contributed by atoms with Crippen LogP contribution in [0.15, 0.2) is 0 Å². The molecule has 0 radical (unpaired) electrons. The number of rotatable bonds is 16. The summed E-state index contributed by atoms with van der Waals surface area (Å²) in [6.45, 7) is 24.9. The fraction of sp³-hybridized carbons (Fsp3) is 0.923. The third-order valence-electron chi connectivity index (χ3n) is 5.09. The first-order valence-corrected chi connectivity index (χ1v) is 12.2. The zero-order chi connectivity index (χ0) is 25.8. The lowest BCUT2D eigenvalue weighted by Crippen LogP contribution is -2.40. The van der Waals surface area contributed by atoms with Gasteiger partial charge < -0.3 is 24.8 Å². The van der Waals surface area contributed by atoms with Gasteiger partial charge in [0.25, 0.3) is 0 Å². The Balaban J connectivity index is 4.26. The van der Waals surface area contributed by atoms with Gasteiger partial charge in [0.1, 0.15) is 0 Å². The summed E-state index contributed by atoms with van der Waals surface area (Å²) >= 11 is 0. The zero-order valence-electron chi connectivity index (χ0n) is 23.1. The molecule has 0 aromatic heterocycles. The molecule has 7 nitrogen and oxygen atoms in total. The first kappa shape index (κ1) is 31.8. The van der Waals surface area contributed by atoms with E-state index in [9.17, 15) is 9.59 Å². The van der Waals surface area contributed by atoms with Crippen LogP contribution in [0.5, 0.6) is 0 Å². The molecule has 2 atom stereocenters. The Morgan fingerprint density at radius 2 is 0.879 bits per heavy atom. The Hall–Kier alpha value is -1.18. The van der Waals surface area contributed by atoms with E-state index in [2.05, 4.69) is 66.0 Å². The predicted octanol–water partition coefficient (Wildman–Crippen LogP) is 4.19. The van der Waals surface area contributed by atoms with Gasteiger partial charge in [-0.2, -0.15) is 0 Å². The molecule has 0 spiro atoms. The van der Waals surface area contributed by atoms with E-state index < -0.39 is 0 Å². The summed E-state index contributed by atoms with van der Waals surface area (Å²) in [5.41, 5.74) is 0.0363. The van der Waals surface area contributed by atoms with Crippen molar-refractivity contribution in [2.24, 2.45) is 21.7 Å². The molecule has 0 rings (SSSR count). The maximum Gasteiger partial charge on any atom is 0.216 e. The fourth-order valence-electron chi connectivity index (χ4n) is 4.54. The lowest BCUT2D eigenvalue weighted by Gasteiger charge is -2.35. The SMILES string of the molecule is CC(=O)NCC(C)(COCCOCCOCC(C)(CNC(C)=O)CC(C)(C)C)CC(C)(C)C. The highest BCUT2D eigenvalue weighted by molar-refractivity contribution is 5.73. The van der Waals surface area contributed by atoms with Crippen LogP contribution in [0, 0.1) is 21.7 Å². The van der Waals surface area contributed by atoms with Gasteiger partial charge in [0, 0.05) is 37.8 Å². The third-order valence-corrected chi connectivity index (χ3v) is 5.09. The predicted molar refractivity (Wildman–Crippen MR) is 134 cm³/mol. The van der Waals surface area contributed by atoms with Crippen LogP contribution < -0.4 is 10.6 Å². The summed E-state index contributed by atoms with van der Waals surface area (Å²) < 4.78 is 17.5. The molecule has 0 saturated carbocycles. The molecule has 7 heteroatoms. The number of hydrogen-bond donors (Lipinski definition) is 2. The Morgan fingerprint density at radius 1 is 0.576 bits per heavy atom. The van der Waals surface area contributed by atoms with Crippen LogP contribution in [0.3, 0.4) is 0 Å². The number of amides is 2. The second-order valence-electron chi connectivity index (χ2n) is 12.6. The van der Waals surface area contributed by atoms with Gasteiger partial charge in [-0.25, -0.2) is 0 Å². The van der Waals surface area contributed by atoms with E-state index in [0.29, 0.717) is 52.7 Å². The largest absolute Gasteiger partial charge is 0.378 e. The topological polar surface area (TPSA) is 85.9 Å². The number of carbonyl (C=O) groups is 2. The molecular weight excluding hydrogens is 420 g/mol. The first-order chi connectivity index (χ1) is 15.0. The van der Waals surface area contributed by atoms with Crippen LogP contribution in [0.2, 0.25) is 0 Å². The minimum absolute atomic E-state index is 0.0193. The van der Waals surface area contributed by atoms with Gasteiger partial charge in [0.2, 0.25) is 11.8 Å². The van der Waals surface area contributed by atoms with E-state index >= 15 is 0 Å². The molecule has 2 amide bonds. The van der Waals surface area contributed by atoms with Gasteiger partial charge in [-0.1, -0.05) is 55.4 Å². The summed E-state index contributed by atoms with van der Waals surface area (Å²) in [6.07, 6.45) is 1.89. The smallest absolute Gasteiger partial charge is 0.216 e. The standard InChI is InChI=1S/C26H52N2O5/c1-21(29)27-17-25(9,15-23(3,4)5)19-32-13-11-31-12-14-33-20-26(10,16-24(6,7)8)18-28-22(2)30/h11-20H2,1-10H3,(H,27,29)(H,28,30). The van der Waals surface area contributed by atoms with Crippen molar-refractivity contribution in [1.29, 1.82) is 0 Å². The van der Waals surface area contributed by atoms with Gasteiger partial charge in [0.05, 0.1) is 39.6 Å². The van der Waals surface area contributed by atoms with Crippen molar-refractivity contribution in [3.63, 3.8) is 0 Å². The van der Waals surface area contributed by atoms with Gasteiger partial charge in [-0.05, 0) is 23.7 Å². The Bertz CT molecular complexity index is 532. The van der Waals surface area contributed by atoms with Crippen LogP contribution in [0.25, 0.3) is 0 Å². The monoisotopic (exact) mass is 472 g/mol. The van der Waals surface area contributed by atoms with Crippen molar-refractivity contribution in [2.45, 2.75) is 82.1 Å². The molecule has 0 aliphatic heterocycles. The molecule has 0 aliphatic carbocycles. The number of ether oxygens (including phenoxy) is 3. The summed E-state index contributed by atoms with van der Waals surface area (Å²) in [6, 6.07) is 0. The lowest BCUT2D eigenvalue weighted by atomic mass is 9.75. The summed E-state index contributed by atoms with van der Waals surface area (Å²) in [5, 5.41) is 5.87. The van der Waals surface area contributed by atoms with Gasteiger partial charge >= 0.3 is 0 Å². The van der Waals surface area contributed by atoms with Gasteiger partial charge in [0.15, 0.2) is 0 Å². The molecule has 0 aliphatic rings. The zero-order valence-corrected chi connectivity index (χ0v) is 23.1. The second-order valence-corrected chi connectivity index (χ2v) is 12.6. The molecule has 2 unspecified atom stereocenters. The number of hydrogen-bond acceptors (Lipinski definition) is 5. The highest BCUT2D eigenvalue weighted by Gasteiger charge is 2.31. The molecule has 196 valence electrons. The normalized spacial score (nSPS) is 16.1. The van der Waals surface area contributed by atoms with E-state index in [0.717, 1.165) is 12.8 Å². The maximum absolute atomic E-state index is 11.4. The highest BCUT2D eigenvalue weighted by atomic mass is 16.5. The quantitative estimate of drug-likeness (QED) is 0.329. The van der Waals surface area contributed by atoms with Crippen molar-refractivity contribution in [3.05, 3.63) is 0 Å². The summed E-state index contributed by atoms with van der Waals surface area (Å²) in [5.74, 6) is -0.0386. The van der Waals surface area contributed by atoms with Gasteiger partial charge in [-0.3, -0.25) is 9.59 Å². The van der Waals surface area contributed by atoms with Crippen molar-refractivity contribution in [1.82, 2.24) is 10.6 Å². The van der Waals surface area contributed by atoms with E-state index in [1.165, 1.54) is 0 Å². The lowest BCUT2D eigenvalue weighted by molar-refractivity contribution is -0.120. The third kappa shape index (κ3) is 18.9. The number of carbonyl (C=O) groups excluding carboxylic acids is 2. The van der Waals surface area contributed by atoms with Crippen molar-refractivity contribution < 1.29 is 23.8 Å². The average Bonchev–Trinajstić information content (AvgIpc) is 2.61. The molecule has 0 aromatic carbocycles. The van der Waals surface area contributed by atoms with Crippen LogP contribution in [-0.2, 0) is 23.8 Å². The van der Waals surface area contributed by atoms with E-state index in [4.69, 9.17) is 14.2 Å². The van der Waals surface area contributed by atoms with Crippen molar-refractivity contribution >= 4 is 11.8 Å². The van der Waals surface area contributed by atoms with Crippen LogP contribution in [-0.4, -0.2) is 64.5 Å². The molecular formula is C26H52N2O5. The minimum atomic E-state index is -0.127. The van der Waals surface area contributed by atoms with E-state index in [-0.39, 0.29) is 33.5 Å². The second kappa shape index (κ2) is 14.3. The summed E-state index contributed by atoms with van der Waals surface area (Å²) in [4.78, 5) is 22.7. The molecule has 0 heterocycles. The molecule has 0 aromatic rings. The van der Waals surface area contributed by atoms with E-state index in [1.807, 2.05) is 0 Å². The first-order valence-electron chi connectivity index (χ1n) is 12.2. The van der Waals surface area contributed by atoms with Crippen molar-refractivity contribution in [3.8, 4) is 0 Å². The van der Waals surface area contributed by atoms with Crippen LogP contribution in [0.4, 0.5) is 0 Å². The maximum atomic E-state index is 11.4.